The Morgan fingerprint density at radius 3 is 2.80 bits per heavy atom. The van der Waals surface area contributed by atoms with Crippen LogP contribution in [0.2, 0.25) is 0 Å². The molecule has 0 spiro atoms. The summed E-state index contributed by atoms with van der Waals surface area (Å²) in [6, 6.07) is 0. The van der Waals surface area contributed by atoms with E-state index in [9.17, 15) is 14.9 Å². The average molecular weight is 165 g/mol. The zero-order valence-corrected chi connectivity index (χ0v) is 6.22. The van der Waals surface area contributed by atoms with Crippen LogP contribution in [-0.4, -0.2) is 22.6 Å². The predicted molar refractivity (Wildman–Crippen MR) is 36.1 cm³/mol. The molecule has 0 heterocycles. The Kier molecular flexibility index (Phi) is 4.65. The van der Waals surface area contributed by atoms with Gasteiger partial charge in [0.05, 0.1) is 0 Å². The van der Waals surface area contributed by atoms with Gasteiger partial charge in [0.2, 0.25) is 0 Å². The van der Waals surface area contributed by atoms with Crippen LogP contribution in [0.1, 0.15) is 6.92 Å². The second-order valence-electron chi connectivity index (χ2n) is 1.40. The lowest BCUT2D eigenvalue weighted by Gasteiger charge is -1.94. The third kappa shape index (κ3) is 7.22. The first kappa shape index (κ1) is 9.22. The van der Waals surface area contributed by atoms with Crippen LogP contribution in [0.5, 0.6) is 0 Å². The maximum Gasteiger partial charge on any atom is 0.294 e. The minimum Gasteiger partial charge on any atom is -0.313 e. The molecule has 0 bridgehead atoms. The van der Waals surface area contributed by atoms with E-state index in [4.69, 9.17) is 0 Å². The molecule has 0 atom stereocenters. The lowest BCUT2D eigenvalue weighted by Crippen LogP contribution is -2.04. The number of hydrogen-bond donors (Lipinski definition) is 0. The van der Waals surface area contributed by atoms with Crippen molar-refractivity contribution in [1.29, 1.82) is 0 Å². The minimum atomic E-state index is -0.874. The van der Waals surface area contributed by atoms with E-state index in [1.54, 1.807) is 0 Å². The highest BCUT2D eigenvalue weighted by Gasteiger charge is 1.96. The van der Waals surface area contributed by atoms with Gasteiger partial charge in [0.25, 0.3) is 5.09 Å². The lowest BCUT2D eigenvalue weighted by atomic mass is 10.9. The van der Waals surface area contributed by atoms with Crippen LogP contribution in [0, 0.1) is 10.1 Å². The van der Waals surface area contributed by atoms with E-state index < -0.39 is 5.09 Å². The molecule has 0 rings (SSSR count). The Morgan fingerprint density at radius 1 is 1.80 bits per heavy atom. The second-order valence-corrected chi connectivity index (χ2v) is 2.67. The molecule has 0 saturated carbocycles. The van der Waals surface area contributed by atoms with Crippen LogP contribution in [0.4, 0.5) is 0 Å². The number of nitrogens with zero attached hydrogens (tertiary/aromatic N) is 1. The standard InChI is InChI=1S/C4H7NO4S/c1-4(6)10-3-2-9-5(7)8/h2-3H2,1H3. The number of rotatable bonds is 4. The fourth-order valence-electron chi connectivity index (χ4n) is 0.297. The van der Waals surface area contributed by atoms with Crippen molar-refractivity contribution in [2.75, 3.05) is 12.4 Å². The molecule has 0 amide bonds. The molecule has 0 N–H and O–H groups in total. The van der Waals surface area contributed by atoms with Gasteiger partial charge in [0.15, 0.2) is 5.12 Å². The Balaban J connectivity index is 3.06. The fraction of sp³-hybridized carbons (Fsp3) is 0.750. The normalized spacial score (nSPS) is 8.90. The number of carbonyl (C=O) groups is 1. The molecule has 0 aliphatic carbocycles. The first-order chi connectivity index (χ1) is 4.63. The zero-order valence-electron chi connectivity index (χ0n) is 5.40. The maximum absolute atomic E-state index is 10.2. The van der Waals surface area contributed by atoms with Crippen LogP contribution in [-0.2, 0) is 9.63 Å². The number of thioether (sulfide) groups is 1. The molecule has 6 heteroatoms. The van der Waals surface area contributed by atoms with Gasteiger partial charge in [-0.2, -0.15) is 0 Å². The topological polar surface area (TPSA) is 69.4 Å². The van der Waals surface area contributed by atoms with Crippen LogP contribution in [0.25, 0.3) is 0 Å². The summed E-state index contributed by atoms with van der Waals surface area (Å²) >= 11 is 1.00. The molecule has 58 valence electrons. The van der Waals surface area contributed by atoms with Gasteiger partial charge in [-0.3, -0.25) is 4.79 Å². The summed E-state index contributed by atoms with van der Waals surface area (Å²) in [5, 5.41) is 8.60. The molecule has 0 aliphatic heterocycles. The zero-order chi connectivity index (χ0) is 7.98. The van der Waals surface area contributed by atoms with Gasteiger partial charge in [-0.15, -0.1) is 10.1 Å². The van der Waals surface area contributed by atoms with Crippen molar-refractivity contribution in [2.24, 2.45) is 0 Å². The summed E-state index contributed by atoms with van der Waals surface area (Å²) in [7, 11) is 0. The maximum atomic E-state index is 10.2. The first-order valence-electron chi connectivity index (χ1n) is 2.53. The molecular weight excluding hydrogens is 158 g/mol. The summed E-state index contributed by atoms with van der Waals surface area (Å²) in [6.45, 7) is 1.37. The van der Waals surface area contributed by atoms with E-state index in [1.807, 2.05) is 0 Å². The van der Waals surface area contributed by atoms with E-state index in [-0.39, 0.29) is 11.7 Å². The van der Waals surface area contributed by atoms with Crippen molar-refractivity contribution in [3.8, 4) is 0 Å². The van der Waals surface area contributed by atoms with E-state index in [2.05, 4.69) is 4.84 Å². The molecule has 0 aromatic heterocycles. The third-order valence-electron chi connectivity index (χ3n) is 0.585. The van der Waals surface area contributed by atoms with Crippen molar-refractivity contribution < 1.29 is 14.7 Å². The lowest BCUT2D eigenvalue weighted by molar-refractivity contribution is -0.756. The SMILES string of the molecule is CC(=O)SCCO[N+](=O)[O-]. The predicted octanol–water partition coefficient (Wildman–Crippen LogP) is 0.474. The van der Waals surface area contributed by atoms with Crippen molar-refractivity contribution in [3.63, 3.8) is 0 Å². The van der Waals surface area contributed by atoms with Crippen molar-refractivity contribution in [3.05, 3.63) is 10.1 Å². The van der Waals surface area contributed by atoms with Gasteiger partial charge in [-0.25, -0.2) is 0 Å². The Bertz CT molecular complexity index is 121. The van der Waals surface area contributed by atoms with Gasteiger partial charge in [0.1, 0.15) is 6.61 Å². The summed E-state index contributed by atoms with van der Waals surface area (Å²) in [5.74, 6) is 0.330. The van der Waals surface area contributed by atoms with Crippen molar-refractivity contribution in [1.82, 2.24) is 0 Å². The molecule has 0 unspecified atom stereocenters. The molecule has 10 heavy (non-hydrogen) atoms. The van der Waals surface area contributed by atoms with Crippen LogP contribution in [0.3, 0.4) is 0 Å². The molecule has 0 radical (unpaired) electrons. The van der Waals surface area contributed by atoms with Crippen LogP contribution >= 0.6 is 11.8 Å². The van der Waals surface area contributed by atoms with Crippen molar-refractivity contribution in [2.45, 2.75) is 6.92 Å². The molecule has 0 fully saturated rings. The van der Waals surface area contributed by atoms with E-state index >= 15 is 0 Å². The Hall–Kier alpha value is -0.780. The second kappa shape index (κ2) is 5.04. The highest BCUT2D eigenvalue weighted by molar-refractivity contribution is 8.13. The van der Waals surface area contributed by atoms with Crippen LogP contribution < -0.4 is 0 Å². The molecule has 0 saturated heterocycles. The van der Waals surface area contributed by atoms with Gasteiger partial charge in [-0.05, 0) is 0 Å². The van der Waals surface area contributed by atoms with Gasteiger partial charge in [-0.1, -0.05) is 11.8 Å². The first-order valence-corrected chi connectivity index (χ1v) is 3.52. The summed E-state index contributed by atoms with van der Waals surface area (Å²) < 4.78 is 0. The Labute approximate surface area is 61.8 Å². The monoisotopic (exact) mass is 165 g/mol. The molecule has 0 aromatic rings. The van der Waals surface area contributed by atoms with Crippen molar-refractivity contribution >= 4 is 16.9 Å². The van der Waals surface area contributed by atoms with Gasteiger partial charge >= 0.3 is 0 Å². The molecule has 5 nitrogen and oxygen atoms in total. The molecule has 0 aromatic carbocycles. The quantitative estimate of drug-likeness (QED) is 0.344. The van der Waals surface area contributed by atoms with Crippen LogP contribution in [0.15, 0.2) is 0 Å². The number of hydrogen-bond acceptors (Lipinski definition) is 5. The molecule has 0 aliphatic rings. The van der Waals surface area contributed by atoms with E-state index in [0.29, 0.717) is 5.75 Å². The molecular formula is C4H7NO4S. The summed E-state index contributed by atoms with van der Waals surface area (Å²) in [5.41, 5.74) is 0. The largest absolute Gasteiger partial charge is 0.313 e. The third-order valence-corrected chi connectivity index (χ3v) is 1.36. The highest BCUT2D eigenvalue weighted by Crippen LogP contribution is 1.99. The summed E-state index contributed by atoms with van der Waals surface area (Å²) in [6.07, 6.45) is 0. The van der Waals surface area contributed by atoms with Gasteiger partial charge in [0, 0.05) is 12.7 Å². The fourth-order valence-corrected chi connectivity index (χ4v) is 0.743. The smallest absolute Gasteiger partial charge is 0.294 e. The average Bonchev–Trinajstić information content (AvgIpc) is 1.79. The highest BCUT2D eigenvalue weighted by atomic mass is 32.2. The summed E-state index contributed by atoms with van der Waals surface area (Å²) in [4.78, 5) is 23.7. The van der Waals surface area contributed by atoms with Gasteiger partial charge < -0.3 is 4.84 Å². The minimum absolute atomic E-state index is 0.0305. The van der Waals surface area contributed by atoms with E-state index in [0.717, 1.165) is 11.8 Å². The Morgan fingerprint density at radius 2 is 2.40 bits per heavy atom. The van der Waals surface area contributed by atoms with E-state index in [1.165, 1.54) is 6.92 Å². The number of carbonyl (C=O) groups excluding carboxylic acids is 1.